The van der Waals surface area contributed by atoms with Gasteiger partial charge in [0, 0.05) is 37.9 Å². The van der Waals surface area contributed by atoms with Gasteiger partial charge in [0.25, 0.3) is 0 Å². The monoisotopic (exact) mass is 382 g/mol. The predicted octanol–water partition coefficient (Wildman–Crippen LogP) is 3.24. The number of benzene rings is 1. The number of halogens is 1. The Bertz CT molecular complexity index is 877. The molecule has 1 atom stereocenters. The molecule has 1 aliphatic carbocycles. The van der Waals surface area contributed by atoms with Crippen molar-refractivity contribution in [1.29, 1.82) is 0 Å². The Labute approximate surface area is 165 Å². The van der Waals surface area contributed by atoms with Gasteiger partial charge in [-0.15, -0.1) is 0 Å². The van der Waals surface area contributed by atoms with E-state index in [0.29, 0.717) is 5.91 Å². The molecular formula is C22H27FN4O. The average Bonchev–Trinajstić information content (AvgIpc) is 3.22. The molecule has 2 saturated heterocycles. The van der Waals surface area contributed by atoms with Crippen molar-refractivity contribution in [2.24, 2.45) is 11.3 Å². The second-order valence-corrected chi connectivity index (χ2v) is 8.81. The lowest BCUT2D eigenvalue weighted by Gasteiger charge is -2.39. The molecule has 148 valence electrons. The van der Waals surface area contributed by atoms with Crippen molar-refractivity contribution < 1.29 is 9.18 Å². The van der Waals surface area contributed by atoms with Gasteiger partial charge in [0.05, 0.1) is 17.3 Å². The van der Waals surface area contributed by atoms with Crippen LogP contribution in [0, 0.1) is 17.2 Å². The molecule has 1 aromatic heterocycles. The summed E-state index contributed by atoms with van der Waals surface area (Å²) in [5, 5.41) is 4.39. The van der Waals surface area contributed by atoms with E-state index in [1.165, 1.54) is 25.0 Å². The van der Waals surface area contributed by atoms with Crippen LogP contribution in [-0.4, -0.2) is 51.7 Å². The molecule has 1 amide bonds. The zero-order valence-electron chi connectivity index (χ0n) is 16.2. The van der Waals surface area contributed by atoms with Gasteiger partial charge in [0.15, 0.2) is 0 Å². The van der Waals surface area contributed by atoms with Gasteiger partial charge in [-0.25, -0.2) is 9.07 Å². The lowest BCUT2D eigenvalue weighted by Crippen LogP contribution is -2.50. The van der Waals surface area contributed by atoms with Crippen LogP contribution >= 0.6 is 0 Å². The number of nitrogens with zero attached hydrogens (tertiary/aromatic N) is 4. The fourth-order valence-corrected chi connectivity index (χ4v) is 4.87. The summed E-state index contributed by atoms with van der Waals surface area (Å²) in [6, 6.07) is 6.46. The molecule has 2 aliphatic heterocycles. The first-order chi connectivity index (χ1) is 13.6. The third-order valence-electron chi connectivity index (χ3n) is 6.55. The van der Waals surface area contributed by atoms with E-state index in [2.05, 4.69) is 14.9 Å². The van der Waals surface area contributed by atoms with Crippen LogP contribution in [-0.2, 0) is 11.3 Å². The van der Waals surface area contributed by atoms with E-state index in [-0.39, 0.29) is 11.2 Å². The van der Waals surface area contributed by atoms with Crippen molar-refractivity contribution in [3.8, 4) is 5.69 Å². The maximum Gasteiger partial charge on any atom is 0.230 e. The van der Waals surface area contributed by atoms with Crippen molar-refractivity contribution in [3.63, 3.8) is 0 Å². The predicted molar refractivity (Wildman–Crippen MR) is 104 cm³/mol. The van der Waals surface area contributed by atoms with Gasteiger partial charge >= 0.3 is 0 Å². The molecule has 1 saturated carbocycles. The molecule has 28 heavy (non-hydrogen) atoms. The van der Waals surface area contributed by atoms with Gasteiger partial charge in [0.2, 0.25) is 5.91 Å². The maximum absolute atomic E-state index is 13.5. The van der Waals surface area contributed by atoms with E-state index in [4.69, 9.17) is 0 Å². The molecule has 5 nitrogen and oxygen atoms in total. The zero-order valence-corrected chi connectivity index (χ0v) is 16.2. The van der Waals surface area contributed by atoms with Gasteiger partial charge in [0.1, 0.15) is 5.82 Å². The van der Waals surface area contributed by atoms with Crippen LogP contribution in [0.15, 0.2) is 36.7 Å². The number of amides is 1. The fraction of sp³-hybridized carbons (Fsp3) is 0.545. The summed E-state index contributed by atoms with van der Waals surface area (Å²) in [4.78, 5) is 17.7. The van der Waals surface area contributed by atoms with Gasteiger partial charge in [-0.1, -0.05) is 6.07 Å². The molecule has 3 fully saturated rings. The normalized spacial score (nSPS) is 25.8. The second kappa shape index (κ2) is 6.99. The zero-order chi connectivity index (χ0) is 19.1. The highest BCUT2D eigenvalue weighted by Crippen LogP contribution is 2.42. The highest BCUT2D eigenvalue weighted by Gasteiger charge is 2.48. The van der Waals surface area contributed by atoms with Gasteiger partial charge in [-0.2, -0.15) is 5.10 Å². The molecule has 1 unspecified atom stereocenters. The molecule has 1 aromatic carbocycles. The first-order valence-electron chi connectivity index (χ1n) is 10.4. The molecule has 1 spiro atoms. The molecule has 3 heterocycles. The van der Waals surface area contributed by atoms with Crippen molar-refractivity contribution in [2.45, 2.75) is 38.6 Å². The third kappa shape index (κ3) is 3.46. The van der Waals surface area contributed by atoms with E-state index in [1.807, 2.05) is 18.5 Å². The summed E-state index contributed by atoms with van der Waals surface area (Å²) in [5.74, 6) is 0.886. The van der Waals surface area contributed by atoms with Crippen LogP contribution in [0.2, 0.25) is 0 Å². The average molecular weight is 382 g/mol. The van der Waals surface area contributed by atoms with Gasteiger partial charge < -0.3 is 4.90 Å². The highest BCUT2D eigenvalue weighted by molar-refractivity contribution is 5.84. The number of hydrogen-bond donors (Lipinski definition) is 0. The van der Waals surface area contributed by atoms with Crippen molar-refractivity contribution >= 4 is 5.91 Å². The molecule has 0 radical (unpaired) electrons. The molecule has 3 aliphatic rings. The minimum Gasteiger partial charge on any atom is -0.342 e. The summed E-state index contributed by atoms with van der Waals surface area (Å²) >= 11 is 0. The maximum atomic E-state index is 13.5. The van der Waals surface area contributed by atoms with E-state index in [0.717, 1.165) is 69.2 Å². The minimum atomic E-state index is -0.261. The number of likely N-dealkylation sites (tertiary alicyclic amines) is 2. The molecule has 0 N–H and O–H groups in total. The lowest BCUT2D eigenvalue weighted by molar-refractivity contribution is -0.145. The summed E-state index contributed by atoms with van der Waals surface area (Å²) in [6.45, 7) is 4.50. The van der Waals surface area contributed by atoms with E-state index in [1.54, 1.807) is 10.7 Å². The summed E-state index contributed by atoms with van der Waals surface area (Å²) in [6.07, 6.45) is 9.50. The Morgan fingerprint density at radius 3 is 2.93 bits per heavy atom. The number of hydrogen-bond acceptors (Lipinski definition) is 3. The summed E-state index contributed by atoms with van der Waals surface area (Å²) in [5.41, 5.74) is 1.65. The minimum absolute atomic E-state index is 0.175. The molecule has 0 bridgehead atoms. The second-order valence-electron chi connectivity index (χ2n) is 8.81. The molecule has 5 rings (SSSR count). The topological polar surface area (TPSA) is 41.4 Å². The van der Waals surface area contributed by atoms with Crippen molar-refractivity contribution in [2.75, 3.05) is 26.2 Å². The molecule has 6 heteroatoms. The summed E-state index contributed by atoms with van der Waals surface area (Å²) in [7, 11) is 0. The van der Waals surface area contributed by atoms with Gasteiger partial charge in [-0.3, -0.25) is 9.69 Å². The van der Waals surface area contributed by atoms with E-state index in [9.17, 15) is 9.18 Å². The Balaban J connectivity index is 1.25. The van der Waals surface area contributed by atoms with Crippen LogP contribution < -0.4 is 0 Å². The first kappa shape index (κ1) is 17.9. The Kier molecular flexibility index (Phi) is 4.46. The standard InChI is InChI=1S/C22H27FN4O/c23-19-3-1-4-20(11-19)27-15-18(12-24-27)13-25-10-8-22(16-25)7-2-9-26(21(22)28)14-17-5-6-17/h1,3-4,11-12,15,17H,2,5-10,13-14,16H2. The lowest BCUT2D eigenvalue weighted by atomic mass is 9.78. The largest absolute Gasteiger partial charge is 0.342 e. The van der Waals surface area contributed by atoms with Crippen molar-refractivity contribution in [3.05, 3.63) is 48.0 Å². The fourth-order valence-electron chi connectivity index (χ4n) is 4.87. The van der Waals surface area contributed by atoms with E-state index < -0.39 is 0 Å². The van der Waals surface area contributed by atoms with Crippen LogP contribution in [0.5, 0.6) is 0 Å². The number of carbonyl (C=O) groups excluding carboxylic acids is 1. The summed E-state index contributed by atoms with van der Waals surface area (Å²) < 4.78 is 15.2. The third-order valence-corrected chi connectivity index (χ3v) is 6.55. The highest BCUT2D eigenvalue weighted by atomic mass is 19.1. The number of carbonyl (C=O) groups is 1. The quantitative estimate of drug-likeness (QED) is 0.797. The Morgan fingerprint density at radius 2 is 2.11 bits per heavy atom. The Morgan fingerprint density at radius 1 is 1.21 bits per heavy atom. The van der Waals surface area contributed by atoms with E-state index >= 15 is 0 Å². The molecular weight excluding hydrogens is 355 g/mol. The van der Waals surface area contributed by atoms with Crippen LogP contribution in [0.25, 0.3) is 5.69 Å². The number of aromatic nitrogens is 2. The molecule has 2 aromatic rings. The smallest absolute Gasteiger partial charge is 0.230 e. The van der Waals surface area contributed by atoms with Crippen LogP contribution in [0.4, 0.5) is 4.39 Å². The van der Waals surface area contributed by atoms with Gasteiger partial charge in [-0.05, 0) is 62.8 Å². The first-order valence-corrected chi connectivity index (χ1v) is 10.4. The Hall–Kier alpha value is -2.21. The number of rotatable bonds is 5. The number of piperidine rings is 1. The van der Waals surface area contributed by atoms with Crippen LogP contribution in [0.1, 0.15) is 37.7 Å². The van der Waals surface area contributed by atoms with Crippen LogP contribution in [0.3, 0.4) is 0 Å². The van der Waals surface area contributed by atoms with Crippen molar-refractivity contribution in [1.82, 2.24) is 19.6 Å². The SMILES string of the molecule is O=C1N(CC2CC2)CCCC12CCN(Cc1cnn(-c3cccc(F)c3)c1)C2.